The zero-order valence-electron chi connectivity index (χ0n) is 11.6. The molecule has 4 nitrogen and oxygen atoms in total. The van der Waals surface area contributed by atoms with Gasteiger partial charge in [-0.25, -0.2) is 0 Å². The molecule has 0 aliphatic heterocycles. The number of nitrogens with one attached hydrogen (secondary N) is 1. The summed E-state index contributed by atoms with van der Waals surface area (Å²) in [5, 5.41) is 14.9. The zero-order chi connectivity index (χ0) is 15.6. The molecule has 0 aromatic heterocycles. The minimum atomic E-state index is -0.365. The van der Waals surface area contributed by atoms with E-state index >= 15 is 0 Å². The number of rotatable bonds is 4. The van der Waals surface area contributed by atoms with Gasteiger partial charge in [0.25, 0.3) is 5.69 Å². The molecule has 0 unspecified atom stereocenters. The van der Waals surface area contributed by atoms with Crippen molar-refractivity contribution in [3.05, 3.63) is 66.6 Å². The van der Waals surface area contributed by atoms with Gasteiger partial charge in [-0.15, -0.1) is 0 Å². The monoisotopic (exact) mass is 368 g/mol. The van der Waals surface area contributed by atoms with Gasteiger partial charge in [0.2, 0.25) is 0 Å². The van der Waals surface area contributed by atoms with E-state index < -0.39 is 0 Å². The van der Waals surface area contributed by atoms with Crippen molar-refractivity contribution >= 4 is 38.9 Å². The number of hydrogen-bond donors (Lipinski definition) is 1. The molecule has 0 aliphatic rings. The molecule has 1 N–H and O–H groups in total. The van der Waals surface area contributed by atoms with Gasteiger partial charge in [-0.2, -0.15) is 0 Å². The van der Waals surface area contributed by atoms with Crippen LogP contribution in [0.4, 0.5) is 11.4 Å². The van der Waals surface area contributed by atoms with E-state index in [0.717, 1.165) is 21.3 Å². The summed E-state index contributed by atoms with van der Waals surface area (Å²) in [6.45, 7) is 4.21. The molecule has 0 bridgehead atoms. The van der Waals surface area contributed by atoms with Crippen LogP contribution in [0.15, 0.2) is 34.8 Å². The van der Waals surface area contributed by atoms with E-state index in [1.54, 1.807) is 13.0 Å². The molecule has 0 spiro atoms. The fourth-order valence-electron chi connectivity index (χ4n) is 2.07. The number of anilines is 1. The highest BCUT2D eigenvalue weighted by atomic mass is 79.9. The predicted molar refractivity (Wildman–Crippen MR) is 89.0 cm³/mol. The van der Waals surface area contributed by atoms with Gasteiger partial charge in [0.1, 0.15) is 0 Å². The van der Waals surface area contributed by atoms with E-state index in [1.165, 1.54) is 0 Å². The summed E-state index contributed by atoms with van der Waals surface area (Å²) in [5.41, 5.74) is 3.52. The Labute approximate surface area is 136 Å². The Kier molecular flexibility index (Phi) is 4.85. The second-order valence-electron chi connectivity index (χ2n) is 4.81. The first-order chi connectivity index (χ1) is 9.88. The molecule has 0 amide bonds. The summed E-state index contributed by atoms with van der Waals surface area (Å²) in [7, 11) is 0. The highest BCUT2D eigenvalue weighted by molar-refractivity contribution is 9.10. The first-order valence-electron chi connectivity index (χ1n) is 6.32. The lowest BCUT2D eigenvalue weighted by Crippen LogP contribution is -2.03. The Morgan fingerprint density at radius 1 is 1.24 bits per heavy atom. The van der Waals surface area contributed by atoms with E-state index in [4.69, 9.17) is 11.6 Å². The Morgan fingerprint density at radius 3 is 2.57 bits per heavy atom. The molecule has 2 rings (SSSR count). The normalized spacial score (nSPS) is 10.5. The molecule has 0 saturated carbocycles. The van der Waals surface area contributed by atoms with Gasteiger partial charge in [0, 0.05) is 28.3 Å². The minimum absolute atomic E-state index is 0.122. The molecule has 0 aliphatic carbocycles. The quantitative estimate of drug-likeness (QED) is 0.592. The van der Waals surface area contributed by atoms with Gasteiger partial charge in [0.15, 0.2) is 0 Å². The van der Waals surface area contributed by atoms with Crippen LogP contribution in [0.1, 0.15) is 16.7 Å². The highest BCUT2D eigenvalue weighted by Crippen LogP contribution is 2.27. The van der Waals surface area contributed by atoms with E-state index in [1.807, 2.05) is 31.2 Å². The lowest BCUT2D eigenvalue weighted by Gasteiger charge is -2.11. The third-order valence-electron chi connectivity index (χ3n) is 3.21. The van der Waals surface area contributed by atoms with Crippen molar-refractivity contribution in [3.8, 4) is 0 Å². The first-order valence-corrected chi connectivity index (χ1v) is 7.49. The average Bonchev–Trinajstić information content (AvgIpc) is 2.41. The number of benzene rings is 2. The average molecular weight is 370 g/mol. The van der Waals surface area contributed by atoms with E-state index in [-0.39, 0.29) is 10.6 Å². The van der Waals surface area contributed by atoms with Gasteiger partial charge < -0.3 is 5.32 Å². The summed E-state index contributed by atoms with van der Waals surface area (Å²) >= 11 is 9.39. The maximum atomic E-state index is 11.0. The third kappa shape index (κ3) is 3.74. The van der Waals surface area contributed by atoms with Crippen molar-refractivity contribution in [1.29, 1.82) is 0 Å². The molecule has 0 heterocycles. The van der Waals surface area contributed by atoms with Crippen LogP contribution in [0, 0.1) is 24.0 Å². The first kappa shape index (κ1) is 15.8. The van der Waals surface area contributed by atoms with Crippen LogP contribution in [0.25, 0.3) is 0 Å². The van der Waals surface area contributed by atoms with Crippen molar-refractivity contribution in [2.75, 3.05) is 5.32 Å². The molecule has 0 radical (unpaired) electrons. The van der Waals surface area contributed by atoms with Gasteiger partial charge in [-0.05, 0) is 59.1 Å². The lowest BCUT2D eigenvalue weighted by atomic mass is 10.1. The van der Waals surface area contributed by atoms with E-state index in [9.17, 15) is 10.1 Å². The number of nitro groups is 1. The van der Waals surface area contributed by atoms with Gasteiger partial charge in [0.05, 0.1) is 9.95 Å². The number of nitro benzene ring substituents is 1. The van der Waals surface area contributed by atoms with Crippen LogP contribution >= 0.6 is 27.5 Å². The Morgan fingerprint density at radius 2 is 1.95 bits per heavy atom. The largest absolute Gasteiger partial charge is 0.381 e. The smallest absolute Gasteiger partial charge is 0.274 e. The molecule has 21 heavy (non-hydrogen) atoms. The number of hydrogen-bond acceptors (Lipinski definition) is 3. The van der Waals surface area contributed by atoms with Crippen LogP contribution in [0.2, 0.25) is 5.02 Å². The fraction of sp³-hybridized carbons (Fsp3) is 0.200. The van der Waals surface area contributed by atoms with Gasteiger partial charge in [-0.1, -0.05) is 17.7 Å². The summed E-state index contributed by atoms with van der Waals surface area (Å²) in [5.74, 6) is 0. The molecule has 110 valence electrons. The highest BCUT2D eigenvalue weighted by Gasteiger charge is 2.13. The van der Waals surface area contributed by atoms with Crippen molar-refractivity contribution in [1.82, 2.24) is 0 Å². The van der Waals surface area contributed by atoms with Crippen LogP contribution < -0.4 is 5.32 Å². The standard InChI is InChI=1S/C15H14BrClN2O2/c1-9-5-10(2)15(19(20)21)7-14(9)18-8-11-3-4-12(16)13(17)6-11/h3-7,18H,8H2,1-2H3. The van der Waals surface area contributed by atoms with Crippen LogP contribution in [-0.2, 0) is 6.54 Å². The summed E-state index contributed by atoms with van der Waals surface area (Å²) in [6.07, 6.45) is 0. The van der Waals surface area contributed by atoms with Gasteiger partial charge in [-0.3, -0.25) is 10.1 Å². The van der Waals surface area contributed by atoms with Crippen LogP contribution in [0.5, 0.6) is 0 Å². The maximum absolute atomic E-state index is 11.0. The van der Waals surface area contributed by atoms with Crippen molar-refractivity contribution < 1.29 is 4.92 Å². The Balaban J connectivity index is 2.21. The second kappa shape index (κ2) is 6.45. The van der Waals surface area contributed by atoms with Gasteiger partial charge >= 0.3 is 0 Å². The number of nitrogens with zero attached hydrogens (tertiary/aromatic N) is 1. The third-order valence-corrected chi connectivity index (χ3v) is 4.44. The van der Waals surface area contributed by atoms with Crippen molar-refractivity contribution in [2.45, 2.75) is 20.4 Å². The Bertz CT molecular complexity index is 704. The van der Waals surface area contributed by atoms with E-state index in [0.29, 0.717) is 17.1 Å². The molecule has 0 saturated heterocycles. The molecule has 0 fully saturated rings. The zero-order valence-corrected chi connectivity index (χ0v) is 14.0. The second-order valence-corrected chi connectivity index (χ2v) is 6.07. The van der Waals surface area contributed by atoms with Crippen molar-refractivity contribution in [2.24, 2.45) is 0 Å². The topological polar surface area (TPSA) is 55.2 Å². The minimum Gasteiger partial charge on any atom is -0.381 e. The number of halogens is 2. The maximum Gasteiger partial charge on any atom is 0.274 e. The summed E-state index contributed by atoms with van der Waals surface area (Å²) < 4.78 is 0.843. The van der Waals surface area contributed by atoms with E-state index in [2.05, 4.69) is 21.2 Å². The SMILES string of the molecule is Cc1cc(C)c([N+](=O)[O-])cc1NCc1ccc(Br)c(Cl)c1. The van der Waals surface area contributed by atoms with Crippen molar-refractivity contribution in [3.63, 3.8) is 0 Å². The predicted octanol–water partition coefficient (Wildman–Crippen LogP) is 5.24. The number of aryl methyl sites for hydroxylation is 2. The lowest BCUT2D eigenvalue weighted by molar-refractivity contribution is -0.385. The molecule has 2 aromatic carbocycles. The summed E-state index contributed by atoms with van der Waals surface area (Å²) in [6, 6.07) is 9.07. The fourth-order valence-corrected chi connectivity index (χ4v) is 2.52. The summed E-state index contributed by atoms with van der Waals surface area (Å²) in [4.78, 5) is 10.6. The molecular weight excluding hydrogens is 356 g/mol. The molecule has 0 atom stereocenters. The molecular formula is C15H14BrClN2O2. The molecule has 6 heteroatoms. The molecule has 2 aromatic rings. The van der Waals surface area contributed by atoms with Crippen LogP contribution in [0.3, 0.4) is 0 Å². The Hall–Kier alpha value is -1.59. The van der Waals surface area contributed by atoms with Crippen LogP contribution in [-0.4, -0.2) is 4.92 Å².